The van der Waals surface area contributed by atoms with Gasteiger partial charge in [0.15, 0.2) is 0 Å². The standard InChI is InChI=1S/C15H24N2OS/c1-15(2,3)11-5-4-8-17(9-6-11)14(18)13-12(16)7-10-19-13/h7,10-11H,4-6,8-9,16H2,1-3H3. The van der Waals surface area contributed by atoms with E-state index < -0.39 is 0 Å². The first kappa shape index (κ1) is 14.4. The summed E-state index contributed by atoms with van der Waals surface area (Å²) in [6.07, 6.45) is 3.41. The van der Waals surface area contributed by atoms with E-state index in [1.165, 1.54) is 17.8 Å². The van der Waals surface area contributed by atoms with Gasteiger partial charge in [-0.1, -0.05) is 20.8 Å². The predicted octanol–water partition coefficient (Wildman–Crippen LogP) is 3.62. The van der Waals surface area contributed by atoms with Crippen LogP contribution in [0.2, 0.25) is 0 Å². The number of carbonyl (C=O) groups excluding carboxylic acids is 1. The number of likely N-dealkylation sites (tertiary alicyclic amines) is 1. The maximum atomic E-state index is 12.4. The molecule has 0 saturated carbocycles. The lowest BCUT2D eigenvalue weighted by Crippen LogP contribution is -2.32. The molecule has 0 spiro atoms. The van der Waals surface area contributed by atoms with Crippen molar-refractivity contribution in [2.24, 2.45) is 11.3 Å². The second-order valence-corrected chi connectivity index (χ2v) is 7.41. The number of hydrogen-bond donors (Lipinski definition) is 1. The van der Waals surface area contributed by atoms with E-state index in [4.69, 9.17) is 5.73 Å². The minimum atomic E-state index is 0.113. The van der Waals surface area contributed by atoms with Gasteiger partial charge in [-0.05, 0) is 42.0 Å². The summed E-state index contributed by atoms with van der Waals surface area (Å²) in [6.45, 7) is 8.62. The summed E-state index contributed by atoms with van der Waals surface area (Å²) in [5, 5.41) is 1.89. The van der Waals surface area contributed by atoms with E-state index in [0.717, 1.165) is 25.9 Å². The van der Waals surface area contributed by atoms with Gasteiger partial charge in [0.25, 0.3) is 5.91 Å². The van der Waals surface area contributed by atoms with Crippen LogP contribution in [0.1, 0.15) is 49.7 Å². The Morgan fingerprint density at radius 1 is 1.37 bits per heavy atom. The highest BCUT2D eigenvalue weighted by Gasteiger charge is 2.29. The van der Waals surface area contributed by atoms with Crippen molar-refractivity contribution in [2.75, 3.05) is 18.8 Å². The van der Waals surface area contributed by atoms with Gasteiger partial charge >= 0.3 is 0 Å². The summed E-state index contributed by atoms with van der Waals surface area (Å²) < 4.78 is 0. The smallest absolute Gasteiger partial charge is 0.266 e. The molecule has 1 amide bonds. The van der Waals surface area contributed by atoms with Crippen molar-refractivity contribution >= 4 is 22.9 Å². The summed E-state index contributed by atoms with van der Waals surface area (Å²) in [6, 6.07) is 1.81. The normalized spacial score (nSPS) is 21.2. The SMILES string of the molecule is CC(C)(C)C1CCCN(C(=O)c2sccc2N)CC1. The number of carbonyl (C=O) groups is 1. The molecular formula is C15H24N2OS. The molecule has 1 aliphatic rings. The van der Waals surface area contributed by atoms with Crippen LogP contribution in [0.3, 0.4) is 0 Å². The number of hydrogen-bond acceptors (Lipinski definition) is 3. The molecular weight excluding hydrogens is 256 g/mol. The zero-order chi connectivity index (χ0) is 14.0. The van der Waals surface area contributed by atoms with Gasteiger partial charge in [-0.15, -0.1) is 11.3 Å². The molecule has 4 heteroatoms. The summed E-state index contributed by atoms with van der Waals surface area (Å²) in [5.74, 6) is 0.813. The summed E-state index contributed by atoms with van der Waals surface area (Å²) in [4.78, 5) is 15.1. The molecule has 1 aromatic rings. The molecule has 2 rings (SSSR count). The van der Waals surface area contributed by atoms with E-state index >= 15 is 0 Å². The fourth-order valence-electron chi connectivity index (χ4n) is 2.80. The van der Waals surface area contributed by atoms with E-state index in [0.29, 0.717) is 21.9 Å². The first-order chi connectivity index (χ1) is 8.89. The van der Waals surface area contributed by atoms with Crippen molar-refractivity contribution in [3.63, 3.8) is 0 Å². The van der Waals surface area contributed by atoms with Crippen molar-refractivity contribution in [3.05, 3.63) is 16.3 Å². The third kappa shape index (κ3) is 3.30. The van der Waals surface area contributed by atoms with Crippen LogP contribution < -0.4 is 5.73 Å². The van der Waals surface area contributed by atoms with E-state index in [9.17, 15) is 4.79 Å². The van der Waals surface area contributed by atoms with Crippen molar-refractivity contribution in [3.8, 4) is 0 Å². The molecule has 2 heterocycles. The molecule has 2 N–H and O–H groups in total. The number of anilines is 1. The molecule has 19 heavy (non-hydrogen) atoms. The number of amides is 1. The average molecular weight is 280 g/mol. The van der Waals surface area contributed by atoms with E-state index in [2.05, 4.69) is 20.8 Å². The van der Waals surface area contributed by atoms with Crippen molar-refractivity contribution in [1.29, 1.82) is 0 Å². The maximum Gasteiger partial charge on any atom is 0.266 e. The maximum absolute atomic E-state index is 12.4. The fourth-order valence-corrected chi connectivity index (χ4v) is 3.59. The number of rotatable bonds is 1. The molecule has 1 aliphatic heterocycles. The molecule has 1 aromatic heterocycles. The molecule has 1 fully saturated rings. The lowest BCUT2D eigenvalue weighted by Gasteiger charge is -2.29. The van der Waals surface area contributed by atoms with Crippen LogP contribution in [-0.4, -0.2) is 23.9 Å². The lowest BCUT2D eigenvalue weighted by molar-refractivity contribution is 0.0761. The van der Waals surface area contributed by atoms with Crippen LogP contribution in [0, 0.1) is 11.3 Å². The third-order valence-electron chi connectivity index (χ3n) is 4.13. The summed E-state index contributed by atoms with van der Waals surface area (Å²) >= 11 is 1.45. The molecule has 0 radical (unpaired) electrons. The van der Waals surface area contributed by atoms with Crippen LogP contribution in [0.25, 0.3) is 0 Å². The van der Waals surface area contributed by atoms with Gasteiger partial charge in [-0.3, -0.25) is 4.79 Å². The zero-order valence-corrected chi connectivity index (χ0v) is 12.9. The highest BCUT2D eigenvalue weighted by molar-refractivity contribution is 7.12. The van der Waals surface area contributed by atoms with Gasteiger partial charge in [-0.2, -0.15) is 0 Å². The van der Waals surface area contributed by atoms with Gasteiger partial charge in [0.05, 0.1) is 5.69 Å². The highest BCUT2D eigenvalue weighted by Crippen LogP contribution is 2.34. The van der Waals surface area contributed by atoms with Crippen LogP contribution in [0.15, 0.2) is 11.4 Å². The second-order valence-electron chi connectivity index (χ2n) is 6.49. The molecule has 0 bridgehead atoms. The van der Waals surface area contributed by atoms with Gasteiger partial charge in [0.1, 0.15) is 4.88 Å². The van der Waals surface area contributed by atoms with Crippen LogP contribution >= 0.6 is 11.3 Å². The Kier molecular flexibility index (Phi) is 4.19. The predicted molar refractivity (Wildman–Crippen MR) is 81.4 cm³/mol. The number of nitrogens with two attached hydrogens (primary N) is 1. The second kappa shape index (κ2) is 5.53. The minimum Gasteiger partial charge on any atom is -0.397 e. The molecule has 1 saturated heterocycles. The van der Waals surface area contributed by atoms with Gasteiger partial charge in [0.2, 0.25) is 0 Å². The average Bonchev–Trinajstić information content (AvgIpc) is 2.62. The van der Waals surface area contributed by atoms with Crippen LogP contribution in [-0.2, 0) is 0 Å². The monoisotopic (exact) mass is 280 g/mol. The van der Waals surface area contributed by atoms with Crippen molar-refractivity contribution in [1.82, 2.24) is 4.90 Å². The Labute approximate surface area is 119 Å². The van der Waals surface area contributed by atoms with Crippen LogP contribution in [0.4, 0.5) is 5.69 Å². The quantitative estimate of drug-likeness (QED) is 0.854. The van der Waals surface area contributed by atoms with Crippen molar-refractivity contribution in [2.45, 2.75) is 40.0 Å². The zero-order valence-electron chi connectivity index (χ0n) is 12.1. The molecule has 0 aliphatic carbocycles. The first-order valence-corrected chi connectivity index (χ1v) is 7.90. The molecule has 1 unspecified atom stereocenters. The van der Waals surface area contributed by atoms with E-state index in [-0.39, 0.29) is 5.91 Å². The number of nitrogens with zero attached hydrogens (tertiary/aromatic N) is 1. The summed E-state index contributed by atoms with van der Waals surface area (Å²) in [7, 11) is 0. The Bertz CT molecular complexity index is 447. The molecule has 1 atom stereocenters. The summed E-state index contributed by atoms with van der Waals surface area (Å²) in [5.41, 5.74) is 6.80. The highest BCUT2D eigenvalue weighted by atomic mass is 32.1. The molecule has 3 nitrogen and oxygen atoms in total. The lowest BCUT2D eigenvalue weighted by atomic mass is 9.77. The fraction of sp³-hybridized carbons (Fsp3) is 0.667. The van der Waals surface area contributed by atoms with E-state index in [1.807, 2.05) is 16.3 Å². The Balaban J connectivity index is 2.04. The Morgan fingerprint density at radius 3 is 2.68 bits per heavy atom. The molecule has 0 aromatic carbocycles. The number of thiophene rings is 1. The van der Waals surface area contributed by atoms with E-state index in [1.54, 1.807) is 0 Å². The molecule has 106 valence electrons. The Hall–Kier alpha value is -1.03. The van der Waals surface area contributed by atoms with Crippen LogP contribution in [0.5, 0.6) is 0 Å². The third-order valence-corrected chi connectivity index (χ3v) is 5.05. The number of nitrogen functional groups attached to an aromatic ring is 1. The van der Waals surface area contributed by atoms with Gasteiger partial charge in [-0.25, -0.2) is 0 Å². The topological polar surface area (TPSA) is 46.3 Å². The largest absolute Gasteiger partial charge is 0.397 e. The first-order valence-electron chi connectivity index (χ1n) is 7.02. The Morgan fingerprint density at radius 2 is 2.11 bits per heavy atom. The minimum absolute atomic E-state index is 0.113. The van der Waals surface area contributed by atoms with Crippen molar-refractivity contribution < 1.29 is 4.79 Å². The van der Waals surface area contributed by atoms with Gasteiger partial charge in [0, 0.05) is 13.1 Å². The van der Waals surface area contributed by atoms with Gasteiger partial charge < -0.3 is 10.6 Å².